The van der Waals surface area contributed by atoms with Crippen molar-refractivity contribution in [2.24, 2.45) is 0 Å². The molecule has 2 nitrogen and oxygen atoms in total. The maximum absolute atomic E-state index is 2.62. The molecule has 0 spiro atoms. The lowest BCUT2D eigenvalue weighted by Gasteiger charge is -2.32. The van der Waals surface area contributed by atoms with Crippen LogP contribution in [0.3, 0.4) is 0 Å². The van der Waals surface area contributed by atoms with Crippen LogP contribution in [-0.2, 0) is 6.42 Å². The van der Waals surface area contributed by atoms with Crippen LogP contribution in [0.2, 0.25) is 0 Å². The largest absolute Gasteiger partial charge is 0.304 e. The molecule has 124 valence electrons. The lowest BCUT2D eigenvalue weighted by atomic mass is 9.94. The van der Waals surface area contributed by atoms with Crippen LogP contribution in [0.5, 0.6) is 0 Å². The topological polar surface area (TPSA) is 6.48 Å². The van der Waals surface area contributed by atoms with E-state index in [4.69, 9.17) is 0 Å². The Morgan fingerprint density at radius 1 is 0.792 bits per heavy atom. The number of rotatable bonds is 4. The summed E-state index contributed by atoms with van der Waals surface area (Å²) >= 11 is 0. The summed E-state index contributed by atoms with van der Waals surface area (Å²) in [5, 5.41) is 5.58. The Hall–Kier alpha value is -1.90. The molecule has 1 aliphatic rings. The molecule has 0 aromatic heterocycles. The summed E-state index contributed by atoms with van der Waals surface area (Å²) in [7, 11) is 2.22. The van der Waals surface area contributed by atoms with Crippen LogP contribution >= 0.6 is 0 Å². The second-order valence-corrected chi connectivity index (χ2v) is 7.05. The second-order valence-electron chi connectivity index (χ2n) is 7.05. The van der Waals surface area contributed by atoms with Gasteiger partial charge in [-0.15, -0.1) is 0 Å². The third-order valence-corrected chi connectivity index (χ3v) is 5.38. The van der Waals surface area contributed by atoms with Crippen LogP contribution in [0, 0.1) is 0 Å². The van der Waals surface area contributed by atoms with E-state index in [0.29, 0.717) is 0 Å². The van der Waals surface area contributed by atoms with Crippen molar-refractivity contribution < 1.29 is 0 Å². The Morgan fingerprint density at radius 2 is 1.38 bits per heavy atom. The molecule has 24 heavy (non-hydrogen) atoms. The van der Waals surface area contributed by atoms with Gasteiger partial charge in [0, 0.05) is 26.2 Å². The van der Waals surface area contributed by atoms with Gasteiger partial charge in [-0.1, -0.05) is 48.5 Å². The number of likely N-dealkylation sites (N-methyl/N-ethyl adjacent to an activating group) is 1. The van der Waals surface area contributed by atoms with Crippen molar-refractivity contribution in [3.63, 3.8) is 0 Å². The smallest absolute Gasteiger partial charge is 0.0110 e. The van der Waals surface area contributed by atoms with Crippen molar-refractivity contribution in [3.8, 4) is 0 Å². The van der Waals surface area contributed by atoms with E-state index >= 15 is 0 Å². The van der Waals surface area contributed by atoms with Gasteiger partial charge in [-0.3, -0.25) is 0 Å². The zero-order valence-corrected chi connectivity index (χ0v) is 14.5. The normalized spacial score (nSPS) is 16.9. The van der Waals surface area contributed by atoms with Gasteiger partial charge in [0.15, 0.2) is 0 Å². The minimum Gasteiger partial charge on any atom is -0.304 e. The molecule has 0 N–H and O–H groups in total. The zero-order chi connectivity index (χ0) is 16.4. The number of piperazine rings is 1. The van der Waals surface area contributed by atoms with Gasteiger partial charge in [-0.2, -0.15) is 0 Å². The highest BCUT2D eigenvalue weighted by Gasteiger charge is 2.14. The van der Waals surface area contributed by atoms with E-state index in [-0.39, 0.29) is 0 Å². The molecule has 3 aromatic rings. The van der Waals surface area contributed by atoms with Crippen molar-refractivity contribution in [3.05, 3.63) is 60.2 Å². The first kappa shape index (κ1) is 15.6. The predicted octanol–water partition coefficient (Wildman–Crippen LogP) is 4.17. The molecule has 2 heteroatoms. The number of fused-ring (bicyclic) bond motifs is 2. The average molecular weight is 318 g/mol. The predicted molar refractivity (Wildman–Crippen MR) is 104 cm³/mol. The van der Waals surface area contributed by atoms with E-state index in [2.05, 4.69) is 71.4 Å². The highest BCUT2D eigenvalue weighted by Crippen LogP contribution is 2.29. The highest BCUT2D eigenvalue weighted by atomic mass is 15.2. The lowest BCUT2D eigenvalue weighted by Crippen LogP contribution is -2.44. The van der Waals surface area contributed by atoms with Crippen LogP contribution in [0.1, 0.15) is 12.0 Å². The first-order valence-corrected chi connectivity index (χ1v) is 9.11. The summed E-state index contributed by atoms with van der Waals surface area (Å²) in [6, 6.07) is 20.0. The molecule has 0 aliphatic carbocycles. The summed E-state index contributed by atoms with van der Waals surface area (Å²) in [5.41, 5.74) is 1.53. The standard InChI is InChI=1S/C22H26N2/c1-23-13-15-24(16-14-23)12-6-11-22-20-9-4-2-7-18(20)17-19-8-3-5-10-21(19)22/h2-5,7-10,17H,6,11-16H2,1H3. The Bertz CT molecular complexity index is 778. The minimum atomic E-state index is 1.16. The maximum atomic E-state index is 2.62. The minimum absolute atomic E-state index is 1.16. The molecule has 0 bridgehead atoms. The Morgan fingerprint density at radius 3 is 2.00 bits per heavy atom. The quantitative estimate of drug-likeness (QED) is 0.666. The first-order chi connectivity index (χ1) is 11.8. The third kappa shape index (κ3) is 3.17. The van der Waals surface area contributed by atoms with Crippen molar-refractivity contribution >= 4 is 21.5 Å². The Labute approximate surface area is 144 Å². The van der Waals surface area contributed by atoms with Gasteiger partial charge in [0.1, 0.15) is 0 Å². The number of benzene rings is 3. The van der Waals surface area contributed by atoms with Crippen molar-refractivity contribution in [1.29, 1.82) is 0 Å². The van der Waals surface area contributed by atoms with Crippen LogP contribution in [0.15, 0.2) is 54.6 Å². The van der Waals surface area contributed by atoms with Crippen LogP contribution in [-0.4, -0.2) is 49.6 Å². The lowest BCUT2D eigenvalue weighted by molar-refractivity contribution is 0.153. The molecule has 0 amide bonds. The molecule has 0 radical (unpaired) electrons. The molecule has 1 fully saturated rings. The molecule has 0 atom stereocenters. The number of hydrogen-bond donors (Lipinski definition) is 0. The monoisotopic (exact) mass is 318 g/mol. The molecule has 3 aromatic carbocycles. The zero-order valence-electron chi connectivity index (χ0n) is 14.5. The van der Waals surface area contributed by atoms with Gasteiger partial charge in [-0.25, -0.2) is 0 Å². The van der Waals surface area contributed by atoms with Gasteiger partial charge >= 0.3 is 0 Å². The fourth-order valence-corrected chi connectivity index (χ4v) is 3.93. The summed E-state index contributed by atoms with van der Waals surface area (Å²) < 4.78 is 0. The number of hydrogen-bond acceptors (Lipinski definition) is 2. The van der Waals surface area contributed by atoms with E-state index in [9.17, 15) is 0 Å². The van der Waals surface area contributed by atoms with E-state index in [1.54, 1.807) is 0 Å². The summed E-state index contributed by atoms with van der Waals surface area (Å²) in [6.07, 6.45) is 2.40. The van der Waals surface area contributed by atoms with Gasteiger partial charge in [0.2, 0.25) is 0 Å². The molecule has 4 rings (SSSR count). The third-order valence-electron chi connectivity index (χ3n) is 5.38. The molecule has 1 aliphatic heterocycles. The average Bonchev–Trinajstić information content (AvgIpc) is 2.63. The van der Waals surface area contributed by atoms with Gasteiger partial charge in [0.05, 0.1) is 0 Å². The molecule has 1 heterocycles. The van der Waals surface area contributed by atoms with Gasteiger partial charge in [-0.05, 0) is 59.6 Å². The van der Waals surface area contributed by atoms with Crippen molar-refractivity contribution in [1.82, 2.24) is 9.80 Å². The van der Waals surface area contributed by atoms with E-state index in [0.717, 1.165) is 6.42 Å². The van der Waals surface area contributed by atoms with E-state index in [1.807, 2.05) is 0 Å². The fourth-order valence-electron chi connectivity index (χ4n) is 3.93. The summed E-state index contributed by atoms with van der Waals surface area (Å²) in [4.78, 5) is 5.04. The van der Waals surface area contributed by atoms with Gasteiger partial charge < -0.3 is 9.80 Å². The number of aryl methyl sites for hydroxylation is 1. The van der Waals surface area contributed by atoms with Crippen LogP contribution in [0.25, 0.3) is 21.5 Å². The molecular weight excluding hydrogens is 292 g/mol. The molecule has 1 saturated heterocycles. The van der Waals surface area contributed by atoms with Crippen LogP contribution in [0.4, 0.5) is 0 Å². The second kappa shape index (κ2) is 6.92. The fraction of sp³-hybridized carbons (Fsp3) is 0.364. The van der Waals surface area contributed by atoms with Crippen molar-refractivity contribution in [2.75, 3.05) is 39.8 Å². The highest BCUT2D eigenvalue weighted by molar-refractivity contribution is 6.02. The number of nitrogens with zero attached hydrogens (tertiary/aromatic N) is 2. The Kier molecular flexibility index (Phi) is 4.50. The molecule has 0 saturated carbocycles. The van der Waals surface area contributed by atoms with Gasteiger partial charge in [0.25, 0.3) is 0 Å². The first-order valence-electron chi connectivity index (χ1n) is 9.11. The molecule has 0 unspecified atom stereocenters. The maximum Gasteiger partial charge on any atom is 0.0110 e. The van der Waals surface area contributed by atoms with E-state index in [1.165, 1.54) is 66.3 Å². The summed E-state index contributed by atoms with van der Waals surface area (Å²) in [6.45, 7) is 6.05. The SMILES string of the molecule is CN1CCN(CCCc2c3ccccc3cc3ccccc23)CC1. The van der Waals surface area contributed by atoms with E-state index < -0.39 is 0 Å². The van der Waals surface area contributed by atoms with Crippen LogP contribution < -0.4 is 0 Å². The Balaban J connectivity index is 1.57. The molecular formula is C22H26N2. The summed E-state index contributed by atoms with van der Waals surface area (Å²) in [5.74, 6) is 0. The van der Waals surface area contributed by atoms with Crippen molar-refractivity contribution in [2.45, 2.75) is 12.8 Å².